The molecule has 2 heteroatoms. The third-order valence-corrected chi connectivity index (χ3v) is 1.54. The van der Waals surface area contributed by atoms with Crippen LogP contribution in [0.2, 0.25) is 0 Å². The molecule has 0 N–H and O–H groups in total. The maximum atomic E-state index is 10.5. The van der Waals surface area contributed by atoms with Gasteiger partial charge in [0.1, 0.15) is 5.78 Å². The van der Waals surface area contributed by atoms with Crippen molar-refractivity contribution in [2.24, 2.45) is 0 Å². The number of hydrogen-bond donors (Lipinski definition) is 0. The van der Waals surface area contributed by atoms with Gasteiger partial charge in [-0.1, -0.05) is 0 Å². The van der Waals surface area contributed by atoms with Gasteiger partial charge in [0.25, 0.3) is 0 Å². The fourth-order valence-electron chi connectivity index (χ4n) is 1.13. The van der Waals surface area contributed by atoms with Crippen molar-refractivity contribution in [1.29, 1.82) is 0 Å². The van der Waals surface area contributed by atoms with E-state index < -0.39 is 0 Å². The largest absolute Gasteiger partial charge is 0.378 e. The first-order valence-corrected chi connectivity index (χ1v) is 3.40. The zero-order valence-electron chi connectivity index (χ0n) is 5.72. The zero-order chi connectivity index (χ0) is 6.69. The standard InChI is InChI=1S/C7H12O2/c1-6(8)5-7-3-2-4-9-7/h7H,2-5H2,1H3. The zero-order valence-corrected chi connectivity index (χ0v) is 5.72. The minimum atomic E-state index is 0.238. The van der Waals surface area contributed by atoms with Crippen molar-refractivity contribution in [2.45, 2.75) is 32.3 Å². The fourth-order valence-corrected chi connectivity index (χ4v) is 1.13. The third-order valence-electron chi connectivity index (χ3n) is 1.54. The van der Waals surface area contributed by atoms with E-state index in [2.05, 4.69) is 0 Å². The van der Waals surface area contributed by atoms with Crippen LogP contribution in [0.3, 0.4) is 0 Å². The third kappa shape index (κ3) is 2.14. The van der Waals surface area contributed by atoms with E-state index in [0.717, 1.165) is 19.4 Å². The maximum absolute atomic E-state index is 10.5. The Kier molecular flexibility index (Phi) is 2.22. The molecule has 1 heterocycles. The number of carbonyl (C=O) groups is 1. The molecule has 0 spiro atoms. The van der Waals surface area contributed by atoms with Crippen LogP contribution in [0.4, 0.5) is 0 Å². The van der Waals surface area contributed by atoms with Gasteiger partial charge in [0.15, 0.2) is 0 Å². The van der Waals surface area contributed by atoms with E-state index >= 15 is 0 Å². The lowest BCUT2D eigenvalue weighted by Crippen LogP contribution is -2.09. The summed E-state index contributed by atoms with van der Waals surface area (Å²) >= 11 is 0. The Morgan fingerprint density at radius 1 is 1.78 bits per heavy atom. The van der Waals surface area contributed by atoms with Gasteiger partial charge < -0.3 is 4.74 Å². The minimum absolute atomic E-state index is 0.238. The molecule has 1 aliphatic heterocycles. The average Bonchev–Trinajstić information content (AvgIpc) is 2.15. The van der Waals surface area contributed by atoms with Crippen LogP contribution >= 0.6 is 0 Å². The summed E-state index contributed by atoms with van der Waals surface area (Å²) < 4.78 is 5.24. The number of ether oxygens (including phenoxy) is 1. The molecule has 1 unspecified atom stereocenters. The molecule has 1 saturated heterocycles. The molecule has 0 aromatic carbocycles. The van der Waals surface area contributed by atoms with Crippen LogP contribution < -0.4 is 0 Å². The number of Topliss-reactive ketones (excluding diaryl/α,β-unsaturated/α-hetero) is 1. The topological polar surface area (TPSA) is 26.3 Å². The van der Waals surface area contributed by atoms with Crippen LogP contribution in [0.25, 0.3) is 0 Å². The molecular weight excluding hydrogens is 116 g/mol. The van der Waals surface area contributed by atoms with Gasteiger partial charge in [0, 0.05) is 13.0 Å². The second kappa shape index (κ2) is 2.97. The molecule has 0 bridgehead atoms. The molecule has 1 rings (SSSR count). The normalized spacial score (nSPS) is 26.6. The summed E-state index contributed by atoms with van der Waals surface area (Å²) in [7, 11) is 0. The fraction of sp³-hybridized carbons (Fsp3) is 0.857. The smallest absolute Gasteiger partial charge is 0.132 e. The lowest BCUT2D eigenvalue weighted by Gasteiger charge is -2.03. The van der Waals surface area contributed by atoms with Crippen molar-refractivity contribution < 1.29 is 9.53 Å². The average molecular weight is 128 g/mol. The maximum Gasteiger partial charge on any atom is 0.132 e. The van der Waals surface area contributed by atoms with Crippen LogP contribution in [0.5, 0.6) is 0 Å². The minimum Gasteiger partial charge on any atom is -0.378 e. The first-order chi connectivity index (χ1) is 4.29. The van der Waals surface area contributed by atoms with Crippen LogP contribution in [0, 0.1) is 0 Å². The predicted octanol–water partition coefficient (Wildman–Crippen LogP) is 1.14. The van der Waals surface area contributed by atoms with Gasteiger partial charge in [-0.15, -0.1) is 0 Å². The molecule has 0 amide bonds. The van der Waals surface area contributed by atoms with E-state index in [1.54, 1.807) is 6.92 Å². The van der Waals surface area contributed by atoms with Crippen LogP contribution in [-0.4, -0.2) is 18.5 Å². The molecular formula is C7H12O2. The van der Waals surface area contributed by atoms with E-state index in [1.165, 1.54) is 0 Å². The van der Waals surface area contributed by atoms with Crippen LogP contribution in [-0.2, 0) is 9.53 Å². The van der Waals surface area contributed by atoms with E-state index in [-0.39, 0.29) is 11.9 Å². The first kappa shape index (κ1) is 6.75. The van der Waals surface area contributed by atoms with E-state index in [4.69, 9.17) is 4.74 Å². The van der Waals surface area contributed by atoms with E-state index in [1.807, 2.05) is 0 Å². The molecule has 2 nitrogen and oxygen atoms in total. The molecule has 1 fully saturated rings. The molecule has 1 aliphatic rings. The molecule has 0 radical (unpaired) electrons. The summed E-state index contributed by atoms with van der Waals surface area (Å²) in [5.41, 5.74) is 0. The molecule has 0 aliphatic carbocycles. The number of ketones is 1. The summed E-state index contributed by atoms with van der Waals surface area (Å²) in [6.45, 7) is 2.46. The summed E-state index contributed by atoms with van der Waals surface area (Å²) in [6, 6.07) is 0. The summed E-state index contributed by atoms with van der Waals surface area (Å²) in [5.74, 6) is 0.238. The highest BCUT2D eigenvalue weighted by Crippen LogP contribution is 2.14. The summed E-state index contributed by atoms with van der Waals surface area (Å²) in [6.07, 6.45) is 3.04. The SMILES string of the molecule is CC(=O)CC1CCCO1. The van der Waals surface area contributed by atoms with Gasteiger partial charge in [-0.05, 0) is 19.8 Å². The molecule has 1 atom stereocenters. The molecule has 0 saturated carbocycles. The Morgan fingerprint density at radius 2 is 2.56 bits per heavy atom. The second-order valence-electron chi connectivity index (χ2n) is 2.54. The van der Waals surface area contributed by atoms with Gasteiger partial charge >= 0.3 is 0 Å². The van der Waals surface area contributed by atoms with Crippen molar-refractivity contribution in [3.05, 3.63) is 0 Å². The molecule has 9 heavy (non-hydrogen) atoms. The van der Waals surface area contributed by atoms with Gasteiger partial charge in [-0.2, -0.15) is 0 Å². The number of hydrogen-bond acceptors (Lipinski definition) is 2. The monoisotopic (exact) mass is 128 g/mol. The number of rotatable bonds is 2. The highest BCUT2D eigenvalue weighted by Gasteiger charge is 2.16. The summed E-state index contributed by atoms with van der Waals surface area (Å²) in [5, 5.41) is 0. The van der Waals surface area contributed by atoms with Gasteiger partial charge in [-0.3, -0.25) is 4.79 Å². The molecule has 52 valence electrons. The molecule has 0 aromatic heterocycles. The lowest BCUT2D eigenvalue weighted by molar-refractivity contribution is -0.119. The Labute approximate surface area is 55.2 Å². The summed E-state index contributed by atoms with van der Waals surface area (Å²) in [4.78, 5) is 10.5. The quantitative estimate of drug-likeness (QED) is 0.557. The van der Waals surface area contributed by atoms with Crippen molar-refractivity contribution >= 4 is 5.78 Å². The molecule has 0 aromatic rings. The van der Waals surface area contributed by atoms with Crippen LogP contribution in [0.1, 0.15) is 26.2 Å². The van der Waals surface area contributed by atoms with Crippen molar-refractivity contribution in [2.75, 3.05) is 6.61 Å². The van der Waals surface area contributed by atoms with Crippen molar-refractivity contribution in [3.63, 3.8) is 0 Å². The van der Waals surface area contributed by atoms with Gasteiger partial charge in [0.05, 0.1) is 6.10 Å². The Morgan fingerprint density at radius 3 is 3.00 bits per heavy atom. The second-order valence-corrected chi connectivity index (χ2v) is 2.54. The number of carbonyl (C=O) groups excluding carboxylic acids is 1. The Balaban J connectivity index is 2.19. The van der Waals surface area contributed by atoms with Crippen molar-refractivity contribution in [1.82, 2.24) is 0 Å². The Hall–Kier alpha value is -0.370. The highest BCUT2D eigenvalue weighted by atomic mass is 16.5. The van der Waals surface area contributed by atoms with E-state index in [9.17, 15) is 4.79 Å². The predicted molar refractivity (Wildman–Crippen MR) is 34.3 cm³/mol. The van der Waals surface area contributed by atoms with Gasteiger partial charge in [0.2, 0.25) is 0 Å². The van der Waals surface area contributed by atoms with Crippen molar-refractivity contribution in [3.8, 4) is 0 Å². The van der Waals surface area contributed by atoms with Crippen LogP contribution in [0.15, 0.2) is 0 Å². The van der Waals surface area contributed by atoms with Gasteiger partial charge in [-0.25, -0.2) is 0 Å². The first-order valence-electron chi connectivity index (χ1n) is 3.40. The lowest BCUT2D eigenvalue weighted by atomic mass is 10.1. The van der Waals surface area contributed by atoms with E-state index in [0.29, 0.717) is 6.42 Å². The Bertz CT molecular complexity index is 103. The highest BCUT2D eigenvalue weighted by molar-refractivity contribution is 5.75.